The molecule has 0 aromatic heterocycles. The summed E-state index contributed by atoms with van der Waals surface area (Å²) in [6, 6.07) is 8.91. The molecule has 1 atom stereocenters. The van der Waals surface area contributed by atoms with Crippen LogP contribution in [0.25, 0.3) is 0 Å². The first kappa shape index (κ1) is 14.9. The van der Waals surface area contributed by atoms with Crippen molar-refractivity contribution < 1.29 is 4.74 Å². The van der Waals surface area contributed by atoms with Gasteiger partial charge in [-0.25, -0.2) is 0 Å². The Morgan fingerprint density at radius 3 is 2.71 bits per heavy atom. The first-order valence-electron chi connectivity index (χ1n) is 8.37. The average molecular weight is 288 g/mol. The van der Waals surface area contributed by atoms with Gasteiger partial charge in [0.1, 0.15) is 5.75 Å². The zero-order valence-electron chi connectivity index (χ0n) is 13.4. The number of nitrogens with one attached hydrogen (secondary N) is 1. The molecule has 1 aromatic carbocycles. The van der Waals surface area contributed by atoms with Crippen LogP contribution in [-0.2, 0) is 0 Å². The summed E-state index contributed by atoms with van der Waals surface area (Å²) in [7, 11) is 1.78. The Morgan fingerprint density at radius 1 is 1.19 bits per heavy atom. The number of piperazine rings is 1. The standard InChI is InChI=1S/C18H28N2O/c1-15(16-8-4-5-9-17(16)21-2)20-13-12-19-14-18(20)10-6-3-7-11-18/h4-5,8-9,15,19H,3,6-7,10-14H2,1-2H3. The molecule has 1 unspecified atom stereocenters. The molecule has 21 heavy (non-hydrogen) atoms. The molecular weight excluding hydrogens is 260 g/mol. The average Bonchev–Trinajstić information content (AvgIpc) is 2.55. The fourth-order valence-corrected chi connectivity index (χ4v) is 4.32. The maximum Gasteiger partial charge on any atom is 0.123 e. The fraction of sp³-hybridized carbons (Fsp3) is 0.667. The highest BCUT2D eigenvalue weighted by Crippen LogP contribution is 2.41. The smallest absolute Gasteiger partial charge is 0.123 e. The second-order valence-corrected chi connectivity index (χ2v) is 6.57. The highest BCUT2D eigenvalue weighted by atomic mass is 16.5. The van der Waals surface area contributed by atoms with E-state index in [9.17, 15) is 0 Å². The molecule has 1 saturated carbocycles. The molecule has 3 rings (SSSR count). The lowest BCUT2D eigenvalue weighted by Crippen LogP contribution is -2.62. The van der Waals surface area contributed by atoms with Gasteiger partial charge in [0.2, 0.25) is 0 Å². The molecule has 1 aliphatic heterocycles. The van der Waals surface area contributed by atoms with Gasteiger partial charge in [-0.05, 0) is 25.8 Å². The van der Waals surface area contributed by atoms with Gasteiger partial charge in [-0.15, -0.1) is 0 Å². The number of hydrogen-bond donors (Lipinski definition) is 1. The molecule has 0 bridgehead atoms. The van der Waals surface area contributed by atoms with Crippen LogP contribution >= 0.6 is 0 Å². The van der Waals surface area contributed by atoms with Crippen LogP contribution in [0.4, 0.5) is 0 Å². The quantitative estimate of drug-likeness (QED) is 0.923. The third-order valence-corrected chi connectivity index (χ3v) is 5.43. The van der Waals surface area contributed by atoms with E-state index in [0.29, 0.717) is 11.6 Å². The second kappa shape index (κ2) is 6.37. The highest BCUT2D eigenvalue weighted by Gasteiger charge is 2.42. The summed E-state index contributed by atoms with van der Waals surface area (Å²) in [5.41, 5.74) is 1.68. The summed E-state index contributed by atoms with van der Waals surface area (Å²) < 4.78 is 5.59. The molecule has 1 aromatic rings. The molecule has 1 heterocycles. The Labute approximate surface area is 128 Å². The number of nitrogens with zero attached hydrogens (tertiary/aromatic N) is 1. The topological polar surface area (TPSA) is 24.5 Å². The van der Waals surface area contributed by atoms with Crippen LogP contribution in [0.2, 0.25) is 0 Å². The zero-order chi connectivity index (χ0) is 14.7. The van der Waals surface area contributed by atoms with Crippen LogP contribution < -0.4 is 10.1 Å². The number of ether oxygens (including phenoxy) is 1. The van der Waals surface area contributed by atoms with E-state index in [1.165, 1.54) is 37.7 Å². The monoisotopic (exact) mass is 288 g/mol. The molecule has 2 aliphatic rings. The molecule has 3 heteroatoms. The van der Waals surface area contributed by atoms with E-state index >= 15 is 0 Å². The minimum absolute atomic E-state index is 0.358. The van der Waals surface area contributed by atoms with Crippen LogP contribution in [0.3, 0.4) is 0 Å². The van der Waals surface area contributed by atoms with Crippen molar-refractivity contribution in [2.45, 2.75) is 50.6 Å². The van der Waals surface area contributed by atoms with Crippen molar-refractivity contribution in [2.24, 2.45) is 0 Å². The lowest BCUT2D eigenvalue weighted by molar-refractivity contribution is -0.00337. The maximum absolute atomic E-state index is 5.59. The molecule has 2 fully saturated rings. The molecule has 0 amide bonds. The van der Waals surface area contributed by atoms with Gasteiger partial charge in [0.15, 0.2) is 0 Å². The summed E-state index contributed by atoms with van der Waals surface area (Å²) in [6.07, 6.45) is 6.81. The van der Waals surface area contributed by atoms with E-state index in [1.807, 2.05) is 0 Å². The SMILES string of the molecule is COc1ccccc1C(C)N1CCNCC12CCCCC2. The number of benzene rings is 1. The highest BCUT2D eigenvalue weighted by molar-refractivity contribution is 5.36. The molecule has 116 valence electrons. The van der Waals surface area contributed by atoms with E-state index in [0.717, 1.165) is 25.4 Å². The zero-order valence-corrected chi connectivity index (χ0v) is 13.4. The normalized spacial score (nSPS) is 23.9. The first-order valence-corrected chi connectivity index (χ1v) is 8.37. The summed E-state index contributed by atoms with van der Waals surface area (Å²) in [4.78, 5) is 2.75. The number of rotatable bonds is 3. The van der Waals surface area contributed by atoms with E-state index in [2.05, 4.69) is 41.4 Å². The molecule has 1 aliphatic carbocycles. The first-order chi connectivity index (χ1) is 10.3. The van der Waals surface area contributed by atoms with Gasteiger partial charge in [-0.1, -0.05) is 37.5 Å². The Kier molecular flexibility index (Phi) is 4.51. The van der Waals surface area contributed by atoms with Gasteiger partial charge in [0.25, 0.3) is 0 Å². The largest absolute Gasteiger partial charge is 0.496 e. The van der Waals surface area contributed by atoms with E-state index in [1.54, 1.807) is 7.11 Å². The van der Waals surface area contributed by atoms with Gasteiger partial charge in [0.05, 0.1) is 7.11 Å². The van der Waals surface area contributed by atoms with Gasteiger partial charge in [-0.3, -0.25) is 4.90 Å². The van der Waals surface area contributed by atoms with E-state index < -0.39 is 0 Å². The molecule has 1 N–H and O–H groups in total. The van der Waals surface area contributed by atoms with Crippen LogP contribution in [0.5, 0.6) is 5.75 Å². The minimum atomic E-state index is 0.358. The molecule has 1 saturated heterocycles. The maximum atomic E-state index is 5.59. The summed E-state index contributed by atoms with van der Waals surface area (Å²) in [5, 5.41) is 3.64. The predicted molar refractivity (Wildman–Crippen MR) is 86.8 cm³/mol. The van der Waals surface area contributed by atoms with Crippen molar-refractivity contribution in [1.29, 1.82) is 0 Å². The second-order valence-electron chi connectivity index (χ2n) is 6.57. The number of hydrogen-bond acceptors (Lipinski definition) is 3. The van der Waals surface area contributed by atoms with Crippen LogP contribution in [0, 0.1) is 0 Å². The van der Waals surface area contributed by atoms with Crippen molar-refractivity contribution in [3.63, 3.8) is 0 Å². The van der Waals surface area contributed by atoms with E-state index in [-0.39, 0.29) is 0 Å². The number of methoxy groups -OCH3 is 1. The van der Waals surface area contributed by atoms with Crippen molar-refractivity contribution in [3.05, 3.63) is 29.8 Å². The summed E-state index contributed by atoms with van der Waals surface area (Å²) in [6.45, 7) is 5.73. The third kappa shape index (κ3) is 2.82. The van der Waals surface area contributed by atoms with Crippen LogP contribution in [-0.4, -0.2) is 37.2 Å². The Bertz CT molecular complexity index is 460. The van der Waals surface area contributed by atoms with Gasteiger partial charge >= 0.3 is 0 Å². The van der Waals surface area contributed by atoms with Crippen molar-refractivity contribution in [2.75, 3.05) is 26.7 Å². The molecule has 0 radical (unpaired) electrons. The Balaban J connectivity index is 1.88. The Morgan fingerprint density at radius 2 is 1.95 bits per heavy atom. The van der Waals surface area contributed by atoms with Gasteiger partial charge in [-0.2, -0.15) is 0 Å². The van der Waals surface area contributed by atoms with Crippen LogP contribution in [0.1, 0.15) is 50.6 Å². The van der Waals surface area contributed by atoms with Crippen molar-refractivity contribution >= 4 is 0 Å². The number of para-hydroxylation sites is 1. The lowest BCUT2D eigenvalue weighted by atomic mass is 9.78. The fourth-order valence-electron chi connectivity index (χ4n) is 4.32. The third-order valence-electron chi connectivity index (χ3n) is 5.43. The van der Waals surface area contributed by atoms with Gasteiger partial charge in [0, 0.05) is 36.8 Å². The molecular formula is C18H28N2O. The predicted octanol–water partition coefficient (Wildman–Crippen LogP) is 3.36. The molecule has 1 spiro atoms. The van der Waals surface area contributed by atoms with Crippen molar-refractivity contribution in [3.8, 4) is 5.75 Å². The van der Waals surface area contributed by atoms with Crippen LogP contribution in [0.15, 0.2) is 24.3 Å². The summed E-state index contributed by atoms with van der Waals surface area (Å²) in [5.74, 6) is 1.02. The lowest BCUT2D eigenvalue weighted by Gasteiger charge is -2.52. The Hall–Kier alpha value is -1.06. The van der Waals surface area contributed by atoms with E-state index in [4.69, 9.17) is 4.74 Å². The van der Waals surface area contributed by atoms with Gasteiger partial charge < -0.3 is 10.1 Å². The minimum Gasteiger partial charge on any atom is -0.496 e. The molecule has 3 nitrogen and oxygen atoms in total. The van der Waals surface area contributed by atoms with Crippen molar-refractivity contribution in [1.82, 2.24) is 10.2 Å². The summed E-state index contributed by atoms with van der Waals surface area (Å²) >= 11 is 0.